The first-order valence-corrected chi connectivity index (χ1v) is 11.3. The van der Waals surface area contributed by atoms with Crippen molar-refractivity contribution in [3.05, 3.63) is 54.5 Å². The predicted octanol–water partition coefficient (Wildman–Crippen LogP) is 9.31. The summed E-state index contributed by atoms with van der Waals surface area (Å²) >= 11 is 0. The van der Waals surface area contributed by atoms with Crippen LogP contribution in [-0.4, -0.2) is 0 Å². The van der Waals surface area contributed by atoms with Crippen molar-refractivity contribution >= 4 is 0 Å². The fourth-order valence-electron chi connectivity index (χ4n) is 3.03. The highest BCUT2D eigenvalue weighted by molar-refractivity contribution is 4.99. The largest absolute Gasteiger partial charge is 0.0882 e. The van der Waals surface area contributed by atoms with E-state index in [-0.39, 0.29) is 0 Å². The van der Waals surface area contributed by atoms with Crippen LogP contribution >= 0.6 is 0 Å². The zero-order chi connectivity index (χ0) is 19.1. The van der Waals surface area contributed by atoms with Crippen molar-refractivity contribution in [3.63, 3.8) is 0 Å². The molecular weight excluding hydrogens is 312 g/mol. The van der Waals surface area contributed by atoms with Crippen LogP contribution in [0, 0.1) is 5.92 Å². The Bertz CT molecular complexity index is 369. The van der Waals surface area contributed by atoms with Crippen LogP contribution in [0.1, 0.15) is 111 Å². The molecule has 0 nitrogen and oxygen atoms in total. The molecule has 0 rings (SSSR count). The molecule has 0 heteroatoms. The average molecular weight is 358 g/mol. The molecular formula is C26H45. The standard InChI is InChI=1S/C26H45/c1-4-7-8-9-10-11-12-13-14-15-16-17-18-19-20-21-22-23-25-26(6-3)24-5-2/h10-11,13-14,16-17,19-20H,4-9,12,15,18,21-25H2,1-3H3/b11-10-,14-13-,17-16-,20-19-. The Balaban J connectivity index is 3.46. The van der Waals surface area contributed by atoms with Gasteiger partial charge >= 0.3 is 0 Å². The van der Waals surface area contributed by atoms with Crippen molar-refractivity contribution in [2.75, 3.05) is 0 Å². The van der Waals surface area contributed by atoms with Gasteiger partial charge in [0.05, 0.1) is 0 Å². The van der Waals surface area contributed by atoms with Crippen molar-refractivity contribution in [2.45, 2.75) is 111 Å². The van der Waals surface area contributed by atoms with Crippen LogP contribution in [0.5, 0.6) is 0 Å². The van der Waals surface area contributed by atoms with Gasteiger partial charge in [-0.25, -0.2) is 0 Å². The van der Waals surface area contributed by atoms with Gasteiger partial charge < -0.3 is 0 Å². The Hall–Kier alpha value is -1.04. The molecule has 26 heavy (non-hydrogen) atoms. The van der Waals surface area contributed by atoms with E-state index in [0.29, 0.717) is 0 Å². The number of allylic oxidation sites excluding steroid dienone is 8. The molecule has 0 saturated carbocycles. The Labute approximate surface area is 165 Å². The van der Waals surface area contributed by atoms with Gasteiger partial charge in [0.1, 0.15) is 0 Å². The van der Waals surface area contributed by atoms with E-state index in [1.54, 1.807) is 5.92 Å². The van der Waals surface area contributed by atoms with Crippen LogP contribution in [0.3, 0.4) is 0 Å². The highest BCUT2D eigenvalue weighted by atomic mass is 14.1. The molecule has 0 atom stereocenters. The van der Waals surface area contributed by atoms with Gasteiger partial charge in [0.25, 0.3) is 0 Å². The molecule has 0 aliphatic heterocycles. The van der Waals surface area contributed by atoms with Gasteiger partial charge in [-0.05, 0) is 70.1 Å². The van der Waals surface area contributed by atoms with Crippen molar-refractivity contribution < 1.29 is 0 Å². The first-order valence-electron chi connectivity index (χ1n) is 11.3. The fraction of sp³-hybridized carbons (Fsp3) is 0.654. The van der Waals surface area contributed by atoms with Gasteiger partial charge in [0, 0.05) is 0 Å². The quantitative estimate of drug-likeness (QED) is 0.169. The SMILES string of the molecule is CCCCC/C=C\C/C=C\C/C=C\C/C=C\CCCC[C](CC)CCC. The van der Waals surface area contributed by atoms with Crippen molar-refractivity contribution in [3.8, 4) is 0 Å². The van der Waals surface area contributed by atoms with E-state index in [1.807, 2.05) is 0 Å². The minimum Gasteiger partial charge on any atom is -0.0882 e. The number of unbranched alkanes of at least 4 members (excludes halogenated alkanes) is 5. The molecule has 0 saturated heterocycles. The molecule has 0 aliphatic carbocycles. The monoisotopic (exact) mass is 357 g/mol. The summed E-state index contributed by atoms with van der Waals surface area (Å²) in [4.78, 5) is 0. The number of hydrogen-bond donors (Lipinski definition) is 0. The van der Waals surface area contributed by atoms with Gasteiger partial charge in [0.15, 0.2) is 0 Å². The first-order chi connectivity index (χ1) is 12.8. The van der Waals surface area contributed by atoms with Crippen molar-refractivity contribution in [2.24, 2.45) is 0 Å². The second-order valence-corrected chi connectivity index (χ2v) is 7.19. The summed E-state index contributed by atoms with van der Waals surface area (Å²) < 4.78 is 0. The Kier molecular flexibility index (Phi) is 21.1. The molecule has 0 unspecified atom stereocenters. The summed E-state index contributed by atoms with van der Waals surface area (Å²) in [5, 5.41) is 0. The molecule has 0 N–H and O–H groups in total. The summed E-state index contributed by atoms with van der Waals surface area (Å²) in [6.07, 6.45) is 36.1. The maximum atomic E-state index is 2.36. The maximum absolute atomic E-state index is 2.36. The average Bonchev–Trinajstić information content (AvgIpc) is 2.66. The summed E-state index contributed by atoms with van der Waals surface area (Å²) in [5.41, 5.74) is 0. The molecule has 0 aliphatic rings. The lowest BCUT2D eigenvalue weighted by molar-refractivity contribution is 0.612. The molecule has 0 fully saturated rings. The third kappa shape index (κ3) is 19.3. The highest BCUT2D eigenvalue weighted by Gasteiger charge is 2.04. The second-order valence-electron chi connectivity index (χ2n) is 7.19. The normalized spacial score (nSPS) is 12.8. The molecule has 0 aromatic carbocycles. The van der Waals surface area contributed by atoms with E-state index < -0.39 is 0 Å². The third-order valence-electron chi connectivity index (χ3n) is 4.71. The Morgan fingerprint density at radius 1 is 0.500 bits per heavy atom. The van der Waals surface area contributed by atoms with Crippen molar-refractivity contribution in [1.29, 1.82) is 0 Å². The molecule has 0 amide bonds. The van der Waals surface area contributed by atoms with Gasteiger partial charge in [-0.1, -0.05) is 95.1 Å². The van der Waals surface area contributed by atoms with Crippen LogP contribution in [-0.2, 0) is 0 Å². The summed E-state index contributed by atoms with van der Waals surface area (Å²) in [6, 6.07) is 0. The highest BCUT2D eigenvalue weighted by Crippen LogP contribution is 2.20. The Morgan fingerprint density at radius 3 is 1.46 bits per heavy atom. The van der Waals surface area contributed by atoms with E-state index in [2.05, 4.69) is 69.4 Å². The molecule has 0 aromatic rings. The molecule has 0 heterocycles. The van der Waals surface area contributed by atoms with Crippen LogP contribution in [0.25, 0.3) is 0 Å². The second kappa shape index (κ2) is 22.0. The topological polar surface area (TPSA) is 0 Å². The van der Waals surface area contributed by atoms with Gasteiger partial charge in [-0.2, -0.15) is 0 Å². The van der Waals surface area contributed by atoms with Crippen LogP contribution in [0.2, 0.25) is 0 Å². The van der Waals surface area contributed by atoms with Crippen LogP contribution in [0.4, 0.5) is 0 Å². The van der Waals surface area contributed by atoms with E-state index in [4.69, 9.17) is 0 Å². The van der Waals surface area contributed by atoms with Crippen molar-refractivity contribution in [1.82, 2.24) is 0 Å². The van der Waals surface area contributed by atoms with E-state index in [0.717, 1.165) is 19.3 Å². The van der Waals surface area contributed by atoms with E-state index in [9.17, 15) is 0 Å². The zero-order valence-electron chi connectivity index (χ0n) is 18.0. The lowest BCUT2D eigenvalue weighted by atomic mass is 9.94. The molecule has 0 aromatic heterocycles. The molecule has 0 spiro atoms. The predicted molar refractivity (Wildman–Crippen MR) is 121 cm³/mol. The van der Waals surface area contributed by atoms with E-state index in [1.165, 1.54) is 70.6 Å². The Morgan fingerprint density at radius 2 is 1.00 bits per heavy atom. The lowest BCUT2D eigenvalue weighted by Gasteiger charge is -2.11. The minimum atomic E-state index is 1.06. The molecule has 1 radical (unpaired) electrons. The van der Waals surface area contributed by atoms with Gasteiger partial charge in [-0.3, -0.25) is 0 Å². The van der Waals surface area contributed by atoms with E-state index >= 15 is 0 Å². The fourth-order valence-corrected chi connectivity index (χ4v) is 3.03. The number of rotatable bonds is 18. The van der Waals surface area contributed by atoms with Gasteiger partial charge in [-0.15, -0.1) is 0 Å². The summed E-state index contributed by atoms with van der Waals surface area (Å²) in [6.45, 7) is 6.85. The van der Waals surface area contributed by atoms with Crippen LogP contribution in [0.15, 0.2) is 48.6 Å². The molecule has 0 bridgehead atoms. The first kappa shape index (κ1) is 25.0. The molecule has 149 valence electrons. The minimum absolute atomic E-state index is 1.06. The van der Waals surface area contributed by atoms with Crippen LogP contribution < -0.4 is 0 Å². The smallest absolute Gasteiger partial charge is 0.0169 e. The number of hydrogen-bond acceptors (Lipinski definition) is 0. The lowest BCUT2D eigenvalue weighted by Crippen LogP contribution is -1.95. The summed E-state index contributed by atoms with van der Waals surface area (Å²) in [5.74, 6) is 1.76. The summed E-state index contributed by atoms with van der Waals surface area (Å²) in [7, 11) is 0. The third-order valence-corrected chi connectivity index (χ3v) is 4.71. The zero-order valence-corrected chi connectivity index (χ0v) is 18.0. The maximum Gasteiger partial charge on any atom is -0.0169 e. The van der Waals surface area contributed by atoms with Gasteiger partial charge in [0.2, 0.25) is 0 Å².